The predicted molar refractivity (Wildman–Crippen MR) is 97.8 cm³/mol. The van der Waals surface area contributed by atoms with E-state index in [2.05, 4.69) is 17.3 Å². The van der Waals surface area contributed by atoms with E-state index in [-0.39, 0.29) is 5.91 Å². The highest BCUT2D eigenvalue weighted by Crippen LogP contribution is 2.18. The largest absolute Gasteiger partial charge is 0.346 e. The minimum atomic E-state index is 0.000743. The first-order valence-corrected chi connectivity index (χ1v) is 8.96. The van der Waals surface area contributed by atoms with E-state index in [0.29, 0.717) is 5.75 Å². The molecule has 1 fully saturated rings. The highest BCUT2D eigenvalue weighted by molar-refractivity contribution is 8.23. The summed E-state index contributed by atoms with van der Waals surface area (Å²) in [6.45, 7) is 8.25. The second kappa shape index (κ2) is 7.94. The van der Waals surface area contributed by atoms with Gasteiger partial charge < -0.3 is 15.1 Å². The molecular formula is C16H24N3OS2+. The Hall–Kier alpha value is -1.11. The van der Waals surface area contributed by atoms with Crippen LogP contribution >= 0.6 is 24.0 Å². The zero-order chi connectivity index (χ0) is 16.1. The fourth-order valence-corrected chi connectivity index (χ4v) is 3.41. The Kier molecular flexibility index (Phi) is 6.23. The first-order chi connectivity index (χ1) is 10.5. The number of carbonyl (C=O) groups is 1. The van der Waals surface area contributed by atoms with E-state index in [1.165, 1.54) is 22.2 Å². The van der Waals surface area contributed by atoms with Gasteiger partial charge in [-0.25, -0.2) is 0 Å². The molecule has 0 aromatic heterocycles. The van der Waals surface area contributed by atoms with Crippen molar-refractivity contribution in [3.8, 4) is 0 Å². The number of nitrogens with one attached hydrogen (secondary N) is 2. The Labute approximate surface area is 142 Å². The average molecular weight is 339 g/mol. The molecule has 1 aliphatic rings. The summed E-state index contributed by atoms with van der Waals surface area (Å²) in [7, 11) is 2.20. The number of anilines is 1. The summed E-state index contributed by atoms with van der Waals surface area (Å²) in [5.41, 5.74) is 3.19. The number of thiocarbonyl (C=S) groups is 1. The van der Waals surface area contributed by atoms with Gasteiger partial charge in [0.25, 0.3) is 0 Å². The molecule has 0 unspecified atom stereocenters. The van der Waals surface area contributed by atoms with Crippen LogP contribution in [-0.4, -0.2) is 54.1 Å². The minimum absolute atomic E-state index is 0.000743. The third-order valence-corrected chi connectivity index (χ3v) is 5.60. The van der Waals surface area contributed by atoms with Gasteiger partial charge in [-0.05, 0) is 31.0 Å². The topological polar surface area (TPSA) is 36.8 Å². The predicted octanol–water partition coefficient (Wildman–Crippen LogP) is 1.09. The molecule has 1 aromatic carbocycles. The lowest BCUT2D eigenvalue weighted by Crippen LogP contribution is -3.12. The molecule has 2 N–H and O–H groups in total. The first kappa shape index (κ1) is 17.2. The molecule has 0 bridgehead atoms. The molecule has 0 radical (unpaired) electrons. The Morgan fingerprint density at radius 1 is 1.36 bits per heavy atom. The van der Waals surface area contributed by atoms with Crippen LogP contribution in [0, 0.1) is 13.8 Å². The standard InChI is InChI=1S/C16H23N3OS2/c1-12-5-4-6-14(13(12)2)17-15(20)11-22-16(21)19-9-7-18(3)8-10-19/h4-6H,7-11H2,1-3H3,(H,17,20)/p+1. The highest BCUT2D eigenvalue weighted by atomic mass is 32.2. The van der Waals surface area contributed by atoms with Gasteiger partial charge >= 0.3 is 0 Å². The van der Waals surface area contributed by atoms with Crippen molar-refractivity contribution >= 4 is 39.9 Å². The third kappa shape index (κ3) is 4.69. The van der Waals surface area contributed by atoms with Crippen LogP contribution in [-0.2, 0) is 4.79 Å². The van der Waals surface area contributed by atoms with Gasteiger partial charge in [-0.15, -0.1) is 0 Å². The van der Waals surface area contributed by atoms with Crippen molar-refractivity contribution in [1.29, 1.82) is 0 Å². The van der Waals surface area contributed by atoms with Gasteiger partial charge in [-0.1, -0.05) is 36.1 Å². The molecular weight excluding hydrogens is 314 g/mol. The molecule has 0 atom stereocenters. The summed E-state index contributed by atoms with van der Waals surface area (Å²) < 4.78 is 0.837. The van der Waals surface area contributed by atoms with Crippen LogP contribution in [0.5, 0.6) is 0 Å². The average Bonchev–Trinajstić information content (AvgIpc) is 2.50. The fraction of sp³-hybridized carbons (Fsp3) is 0.500. The van der Waals surface area contributed by atoms with Crippen molar-refractivity contribution in [2.24, 2.45) is 0 Å². The molecule has 120 valence electrons. The van der Waals surface area contributed by atoms with Crippen molar-refractivity contribution in [2.45, 2.75) is 13.8 Å². The number of hydrogen-bond donors (Lipinski definition) is 2. The second-order valence-electron chi connectivity index (χ2n) is 5.79. The second-order valence-corrected chi connectivity index (χ2v) is 7.40. The zero-order valence-corrected chi connectivity index (χ0v) is 15.1. The molecule has 22 heavy (non-hydrogen) atoms. The maximum atomic E-state index is 12.1. The van der Waals surface area contributed by atoms with Gasteiger partial charge in [0, 0.05) is 5.69 Å². The first-order valence-electron chi connectivity index (χ1n) is 7.56. The van der Waals surface area contributed by atoms with Crippen LogP contribution in [0.15, 0.2) is 18.2 Å². The highest BCUT2D eigenvalue weighted by Gasteiger charge is 2.19. The summed E-state index contributed by atoms with van der Waals surface area (Å²) in [4.78, 5) is 15.8. The van der Waals surface area contributed by atoms with Crippen molar-refractivity contribution in [3.05, 3.63) is 29.3 Å². The van der Waals surface area contributed by atoms with Gasteiger partial charge in [0.05, 0.1) is 39.0 Å². The number of hydrogen-bond acceptors (Lipinski definition) is 3. The van der Waals surface area contributed by atoms with E-state index >= 15 is 0 Å². The van der Waals surface area contributed by atoms with Crippen LogP contribution in [0.25, 0.3) is 0 Å². The number of thioether (sulfide) groups is 1. The Morgan fingerprint density at radius 3 is 2.73 bits per heavy atom. The quantitative estimate of drug-likeness (QED) is 0.809. The summed E-state index contributed by atoms with van der Waals surface area (Å²) >= 11 is 6.90. The van der Waals surface area contributed by atoms with Crippen molar-refractivity contribution in [1.82, 2.24) is 4.90 Å². The molecule has 0 spiro atoms. The van der Waals surface area contributed by atoms with Gasteiger partial charge in [0.1, 0.15) is 4.32 Å². The van der Waals surface area contributed by atoms with Crippen LogP contribution in [0.1, 0.15) is 11.1 Å². The molecule has 1 aliphatic heterocycles. The molecule has 1 heterocycles. The molecule has 1 amide bonds. The minimum Gasteiger partial charge on any atom is -0.346 e. The summed E-state index contributed by atoms with van der Waals surface area (Å²) in [5, 5.41) is 2.97. The number of rotatable bonds is 3. The smallest absolute Gasteiger partial charge is 0.234 e. The van der Waals surface area contributed by atoms with Crippen LogP contribution in [0.2, 0.25) is 0 Å². The van der Waals surface area contributed by atoms with E-state index in [1.807, 2.05) is 32.0 Å². The lowest BCUT2D eigenvalue weighted by Gasteiger charge is -2.31. The number of piperazine rings is 1. The molecule has 0 saturated carbocycles. The van der Waals surface area contributed by atoms with Crippen LogP contribution in [0.4, 0.5) is 5.69 Å². The molecule has 1 aromatic rings. The zero-order valence-electron chi connectivity index (χ0n) is 13.4. The molecule has 6 heteroatoms. The van der Waals surface area contributed by atoms with E-state index in [9.17, 15) is 4.79 Å². The number of quaternary nitrogens is 1. The number of likely N-dealkylation sites (N-methyl/N-ethyl adjacent to an activating group) is 1. The Morgan fingerprint density at radius 2 is 2.05 bits per heavy atom. The van der Waals surface area contributed by atoms with Gasteiger partial charge in [-0.2, -0.15) is 0 Å². The van der Waals surface area contributed by atoms with Gasteiger partial charge in [0.2, 0.25) is 5.91 Å². The number of aryl methyl sites for hydroxylation is 1. The number of carbonyl (C=O) groups excluding carboxylic acids is 1. The third-order valence-electron chi connectivity index (χ3n) is 4.08. The fourth-order valence-electron chi connectivity index (χ4n) is 2.36. The van der Waals surface area contributed by atoms with Gasteiger partial charge in [0.15, 0.2) is 0 Å². The number of nitrogens with zero attached hydrogens (tertiary/aromatic N) is 1. The monoisotopic (exact) mass is 338 g/mol. The van der Waals surface area contributed by atoms with Crippen molar-refractivity contribution in [3.63, 3.8) is 0 Å². The van der Waals surface area contributed by atoms with E-state index in [1.54, 1.807) is 0 Å². The van der Waals surface area contributed by atoms with Crippen LogP contribution in [0.3, 0.4) is 0 Å². The number of benzene rings is 1. The SMILES string of the molecule is Cc1cccc(NC(=O)CSC(=S)N2CC[NH+](C)CC2)c1C. The van der Waals surface area contributed by atoms with Crippen LogP contribution < -0.4 is 10.2 Å². The maximum Gasteiger partial charge on any atom is 0.234 e. The molecule has 1 saturated heterocycles. The lowest BCUT2D eigenvalue weighted by molar-refractivity contribution is -0.883. The maximum absolute atomic E-state index is 12.1. The van der Waals surface area contributed by atoms with Crippen molar-refractivity contribution < 1.29 is 9.69 Å². The van der Waals surface area contributed by atoms with E-state index in [0.717, 1.165) is 41.8 Å². The molecule has 4 nitrogen and oxygen atoms in total. The summed E-state index contributed by atoms with van der Waals surface area (Å²) in [6.07, 6.45) is 0. The van der Waals surface area contributed by atoms with Gasteiger partial charge in [-0.3, -0.25) is 4.79 Å². The van der Waals surface area contributed by atoms with Crippen molar-refractivity contribution in [2.75, 3.05) is 44.3 Å². The summed E-state index contributed by atoms with van der Waals surface area (Å²) in [5.74, 6) is 0.367. The normalized spacial score (nSPS) is 15.7. The van der Waals surface area contributed by atoms with E-state index in [4.69, 9.17) is 12.2 Å². The Bertz CT molecular complexity index is 554. The summed E-state index contributed by atoms with van der Waals surface area (Å²) in [6, 6.07) is 5.94. The Balaban J connectivity index is 1.80. The lowest BCUT2D eigenvalue weighted by atomic mass is 10.1. The molecule has 2 rings (SSSR count). The molecule has 0 aliphatic carbocycles. The van der Waals surface area contributed by atoms with E-state index < -0.39 is 0 Å². The number of amides is 1.